The van der Waals surface area contributed by atoms with Crippen molar-refractivity contribution in [2.24, 2.45) is 0 Å². The number of fused-ring (bicyclic) bond motifs is 2. The first-order valence-corrected chi connectivity index (χ1v) is 5.08. The Bertz CT molecular complexity index is 360. The molecule has 2 aliphatic rings. The summed E-state index contributed by atoms with van der Waals surface area (Å²) in [6.07, 6.45) is 6.43. The minimum atomic E-state index is -0.495. The number of hydrogen-bond acceptors (Lipinski definition) is 3. The Morgan fingerprint density at radius 3 is 3.07 bits per heavy atom. The summed E-state index contributed by atoms with van der Waals surface area (Å²) in [7, 11) is 0. The van der Waals surface area contributed by atoms with Gasteiger partial charge < -0.3 is 9.84 Å². The predicted octanol–water partition coefficient (Wildman–Crippen LogP) is 1.52. The fourth-order valence-corrected chi connectivity index (χ4v) is 2.40. The number of aliphatic hydroxyl groups is 1. The van der Waals surface area contributed by atoms with E-state index in [9.17, 15) is 5.11 Å². The lowest BCUT2D eigenvalue weighted by atomic mass is 9.72. The number of ether oxygens (including phenoxy) is 1. The van der Waals surface area contributed by atoms with Crippen LogP contribution in [0.2, 0.25) is 0 Å². The topological polar surface area (TPSA) is 42.4 Å². The fraction of sp³-hybridized carbons (Fsp3) is 0.545. The first-order valence-electron chi connectivity index (χ1n) is 5.08. The summed E-state index contributed by atoms with van der Waals surface area (Å²) >= 11 is 0. The van der Waals surface area contributed by atoms with Gasteiger partial charge in [-0.3, -0.25) is 4.98 Å². The Morgan fingerprint density at radius 1 is 1.50 bits per heavy atom. The quantitative estimate of drug-likeness (QED) is 0.676. The molecule has 1 N–H and O–H groups in total. The highest BCUT2D eigenvalue weighted by atomic mass is 16.5. The zero-order valence-corrected chi connectivity index (χ0v) is 7.94. The van der Waals surface area contributed by atoms with Gasteiger partial charge in [-0.2, -0.15) is 0 Å². The van der Waals surface area contributed by atoms with E-state index < -0.39 is 6.10 Å². The van der Waals surface area contributed by atoms with Crippen LogP contribution in [0.4, 0.5) is 0 Å². The highest BCUT2D eigenvalue weighted by Crippen LogP contribution is 2.49. The average Bonchev–Trinajstić information content (AvgIpc) is 2.17. The molecule has 1 aliphatic carbocycles. The molecule has 3 nitrogen and oxygen atoms in total. The van der Waals surface area contributed by atoms with Crippen LogP contribution in [0.5, 0.6) is 0 Å². The molecule has 0 radical (unpaired) electrons. The molecule has 3 heteroatoms. The van der Waals surface area contributed by atoms with Crippen molar-refractivity contribution in [3.63, 3.8) is 0 Å². The van der Waals surface area contributed by atoms with Gasteiger partial charge in [0.25, 0.3) is 0 Å². The molecule has 0 bridgehead atoms. The summed E-state index contributed by atoms with van der Waals surface area (Å²) in [5, 5.41) is 9.75. The minimum Gasteiger partial charge on any atom is -0.386 e. The number of pyridine rings is 1. The summed E-state index contributed by atoms with van der Waals surface area (Å²) in [5.74, 6) is 0. The Balaban J connectivity index is 2.12. The van der Waals surface area contributed by atoms with E-state index in [1.54, 1.807) is 12.4 Å². The second-order valence-electron chi connectivity index (χ2n) is 4.14. The van der Waals surface area contributed by atoms with Gasteiger partial charge in [-0.1, -0.05) is 0 Å². The molecule has 1 aromatic heterocycles. The van der Waals surface area contributed by atoms with Crippen molar-refractivity contribution < 1.29 is 9.84 Å². The molecule has 0 amide bonds. The monoisotopic (exact) mass is 191 g/mol. The van der Waals surface area contributed by atoms with Crippen molar-refractivity contribution in [1.82, 2.24) is 4.98 Å². The normalized spacial score (nSPS) is 28.2. The van der Waals surface area contributed by atoms with Gasteiger partial charge in [-0.05, 0) is 30.9 Å². The molecule has 3 rings (SSSR count). The van der Waals surface area contributed by atoms with Crippen LogP contribution in [0.15, 0.2) is 18.5 Å². The lowest BCUT2D eigenvalue weighted by molar-refractivity contribution is -0.146. The Morgan fingerprint density at radius 2 is 2.36 bits per heavy atom. The molecule has 1 spiro atoms. The number of rotatable bonds is 0. The molecule has 2 heterocycles. The Kier molecular flexibility index (Phi) is 1.66. The number of hydrogen-bond donors (Lipinski definition) is 1. The summed E-state index contributed by atoms with van der Waals surface area (Å²) < 4.78 is 5.76. The van der Waals surface area contributed by atoms with E-state index in [1.165, 1.54) is 6.42 Å². The summed E-state index contributed by atoms with van der Waals surface area (Å²) in [5.41, 5.74) is 2.02. The van der Waals surface area contributed by atoms with Crippen molar-refractivity contribution in [2.45, 2.75) is 31.0 Å². The van der Waals surface area contributed by atoms with Gasteiger partial charge >= 0.3 is 0 Å². The second kappa shape index (κ2) is 2.78. The SMILES string of the molecule is OC1COC2(CCC2)c2ccncc21. The zero-order chi connectivity index (χ0) is 9.60. The van der Waals surface area contributed by atoms with E-state index in [-0.39, 0.29) is 5.60 Å². The van der Waals surface area contributed by atoms with Crippen molar-refractivity contribution >= 4 is 0 Å². The lowest BCUT2D eigenvalue weighted by Crippen LogP contribution is -2.42. The summed E-state index contributed by atoms with van der Waals surface area (Å²) in [6.45, 7) is 0.415. The molecule has 0 aromatic carbocycles. The maximum atomic E-state index is 9.75. The molecule has 1 aromatic rings. The molecule has 1 unspecified atom stereocenters. The molecule has 74 valence electrons. The van der Waals surface area contributed by atoms with Gasteiger partial charge in [-0.25, -0.2) is 0 Å². The second-order valence-corrected chi connectivity index (χ2v) is 4.14. The van der Waals surface area contributed by atoms with Gasteiger partial charge in [0.1, 0.15) is 6.10 Å². The van der Waals surface area contributed by atoms with Crippen LogP contribution in [0, 0.1) is 0 Å². The van der Waals surface area contributed by atoms with Crippen LogP contribution >= 0.6 is 0 Å². The van der Waals surface area contributed by atoms with Crippen LogP contribution in [0.1, 0.15) is 36.5 Å². The molecule has 0 saturated heterocycles. The Hall–Kier alpha value is -0.930. The lowest BCUT2D eigenvalue weighted by Gasteiger charge is -2.46. The third-order valence-electron chi connectivity index (χ3n) is 3.38. The maximum absolute atomic E-state index is 9.75. The molecule has 1 fully saturated rings. The van der Waals surface area contributed by atoms with E-state index in [0.717, 1.165) is 24.0 Å². The van der Waals surface area contributed by atoms with Crippen molar-refractivity contribution in [3.8, 4) is 0 Å². The maximum Gasteiger partial charge on any atom is 0.104 e. The number of aliphatic hydroxyl groups excluding tert-OH is 1. The third kappa shape index (κ3) is 0.967. The number of aromatic nitrogens is 1. The predicted molar refractivity (Wildman–Crippen MR) is 50.7 cm³/mol. The van der Waals surface area contributed by atoms with E-state index in [2.05, 4.69) is 4.98 Å². The van der Waals surface area contributed by atoms with Gasteiger partial charge in [0, 0.05) is 18.0 Å². The van der Waals surface area contributed by atoms with Crippen LogP contribution < -0.4 is 0 Å². The highest BCUT2D eigenvalue weighted by Gasteiger charge is 2.45. The molecular formula is C11H13NO2. The standard InChI is InChI=1S/C11H13NO2/c13-10-7-14-11(3-1-4-11)9-2-5-12-6-8(9)10/h2,5-6,10,13H,1,3-4,7H2. The zero-order valence-electron chi connectivity index (χ0n) is 7.94. The smallest absolute Gasteiger partial charge is 0.104 e. The van der Waals surface area contributed by atoms with Gasteiger partial charge in [0.2, 0.25) is 0 Å². The van der Waals surface area contributed by atoms with Gasteiger partial charge in [0.05, 0.1) is 12.2 Å². The van der Waals surface area contributed by atoms with Gasteiger partial charge in [0.15, 0.2) is 0 Å². The van der Waals surface area contributed by atoms with Crippen molar-refractivity contribution in [1.29, 1.82) is 0 Å². The first-order chi connectivity index (χ1) is 6.82. The van der Waals surface area contributed by atoms with Crippen LogP contribution in [-0.4, -0.2) is 16.7 Å². The highest BCUT2D eigenvalue weighted by molar-refractivity contribution is 5.35. The summed E-state index contributed by atoms with van der Waals surface area (Å²) in [6, 6.07) is 1.98. The van der Waals surface area contributed by atoms with E-state index in [4.69, 9.17) is 4.74 Å². The van der Waals surface area contributed by atoms with Crippen molar-refractivity contribution in [2.75, 3.05) is 6.61 Å². The first kappa shape index (κ1) is 8.38. The minimum absolute atomic E-state index is 0.0858. The van der Waals surface area contributed by atoms with Crippen molar-refractivity contribution in [3.05, 3.63) is 29.6 Å². The molecule has 1 saturated carbocycles. The summed E-state index contributed by atoms with van der Waals surface area (Å²) in [4.78, 5) is 4.06. The van der Waals surface area contributed by atoms with Gasteiger partial charge in [-0.15, -0.1) is 0 Å². The molecule has 1 atom stereocenters. The third-order valence-corrected chi connectivity index (χ3v) is 3.38. The Labute approximate surface area is 82.7 Å². The molecular weight excluding hydrogens is 178 g/mol. The number of nitrogens with zero attached hydrogens (tertiary/aromatic N) is 1. The fourth-order valence-electron chi connectivity index (χ4n) is 2.40. The van der Waals surface area contributed by atoms with E-state index in [0.29, 0.717) is 6.61 Å². The van der Waals surface area contributed by atoms with Crippen LogP contribution in [0.3, 0.4) is 0 Å². The molecule has 14 heavy (non-hydrogen) atoms. The van der Waals surface area contributed by atoms with Crippen LogP contribution in [0.25, 0.3) is 0 Å². The van der Waals surface area contributed by atoms with E-state index >= 15 is 0 Å². The molecule has 1 aliphatic heterocycles. The van der Waals surface area contributed by atoms with Crippen LogP contribution in [-0.2, 0) is 10.3 Å². The van der Waals surface area contributed by atoms with E-state index in [1.807, 2.05) is 6.07 Å². The average molecular weight is 191 g/mol. The largest absolute Gasteiger partial charge is 0.386 e.